The van der Waals surface area contributed by atoms with Gasteiger partial charge in [0, 0.05) is 13.6 Å². The summed E-state index contributed by atoms with van der Waals surface area (Å²) in [4.78, 5) is 1.60. The number of rotatable bonds is 1. The summed E-state index contributed by atoms with van der Waals surface area (Å²) in [6.45, 7) is 4.40. The summed E-state index contributed by atoms with van der Waals surface area (Å²) in [5.41, 5.74) is 2.44. The van der Waals surface area contributed by atoms with Gasteiger partial charge in [0.2, 0.25) is 0 Å². The van der Waals surface area contributed by atoms with Crippen LogP contribution in [0, 0.1) is 5.92 Å². The highest BCUT2D eigenvalue weighted by Gasteiger charge is 2.13. The lowest BCUT2D eigenvalue weighted by molar-refractivity contribution is 0.505. The predicted molar refractivity (Wildman–Crippen MR) is 55.6 cm³/mol. The second-order valence-electron chi connectivity index (χ2n) is 3.83. The molecule has 0 aromatic carbocycles. The molecule has 0 radical (unpaired) electrons. The zero-order valence-corrected chi connectivity index (χ0v) is 8.70. The summed E-state index contributed by atoms with van der Waals surface area (Å²) in [6, 6.07) is 0. The van der Waals surface area contributed by atoms with Crippen molar-refractivity contribution in [3.63, 3.8) is 0 Å². The first kappa shape index (κ1) is 9.40. The normalized spacial score (nSPS) is 25.6. The Bertz CT molecular complexity index is 340. The van der Waals surface area contributed by atoms with Crippen molar-refractivity contribution in [3.8, 4) is 0 Å². The Morgan fingerprint density at radius 2 is 2.50 bits per heavy atom. The molecule has 1 saturated heterocycles. The first-order valence-corrected chi connectivity index (χ1v) is 5.03. The third kappa shape index (κ3) is 2.01. The fraction of sp³-hybridized carbons (Fsp3) is 0.600. The highest BCUT2D eigenvalue weighted by atomic mass is 15.4. The molecule has 1 aliphatic heterocycles. The van der Waals surface area contributed by atoms with Gasteiger partial charge in [0.05, 0.1) is 6.20 Å². The maximum atomic E-state index is 4.25. The molecule has 1 unspecified atom stereocenters. The van der Waals surface area contributed by atoms with Gasteiger partial charge in [-0.15, -0.1) is 0 Å². The molecule has 1 atom stereocenters. The molecular weight excluding hydrogens is 176 g/mol. The Balaban J connectivity index is 2.16. The molecule has 1 aromatic rings. The van der Waals surface area contributed by atoms with E-state index in [1.165, 1.54) is 5.57 Å². The fourth-order valence-electron chi connectivity index (χ4n) is 1.76. The Morgan fingerprint density at radius 3 is 3.14 bits per heavy atom. The summed E-state index contributed by atoms with van der Waals surface area (Å²) in [7, 11) is 1.84. The van der Waals surface area contributed by atoms with E-state index < -0.39 is 0 Å². The number of piperidine rings is 1. The maximum absolute atomic E-state index is 4.25. The summed E-state index contributed by atoms with van der Waals surface area (Å²) >= 11 is 0. The van der Waals surface area contributed by atoms with Crippen molar-refractivity contribution in [1.82, 2.24) is 20.3 Å². The molecular formula is C10H16N4. The largest absolute Gasteiger partial charge is 0.316 e. The van der Waals surface area contributed by atoms with Gasteiger partial charge >= 0.3 is 0 Å². The average Bonchev–Trinajstić information content (AvgIpc) is 2.56. The van der Waals surface area contributed by atoms with Crippen LogP contribution in [-0.4, -0.2) is 28.1 Å². The van der Waals surface area contributed by atoms with Crippen LogP contribution in [0.3, 0.4) is 0 Å². The molecule has 14 heavy (non-hydrogen) atoms. The molecule has 0 saturated carbocycles. The highest BCUT2D eigenvalue weighted by molar-refractivity contribution is 5.48. The topological polar surface area (TPSA) is 42.7 Å². The third-order valence-electron chi connectivity index (χ3n) is 2.62. The van der Waals surface area contributed by atoms with Crippen LogP contribution in [0.2, 0.25) is 0 Å². The van der Waals surface area contributed by atoms with E-state index in [1.807, 2.05) is 13.2 Å². The van der Waals surface area contributed by atoms with E-state index in [4.69, 9.17) is 0 Å². The van der Waals surface area contributed by atoms with Gasteiger partial charge in [-0.2, -0.15) is 15.0 Å². The molecule has 1 N–H and O–H groups in total. The van der Waals surface area contributed by atoms with Crippen LogP contribution in [0.5, 0.6) is 0 Å². The number of nitrogens with one attached hydrogen (secondary N) is 1. The first-order valence-electron chi connectivity index (χ1n) is 5.03. The fourth-order valence-corrected chi connectivity index (χ4v) is 1.76. The van der Waals surface area contributed by atoms with Gasteiger partial charge in [-0.1, -0.05) is 12.5 Å². The molecule has 4 nitrogen and oxygen atoms in total. The van der Waals surface area contributed by atoms with Crippen LogP contribution in [0.25, 0.3) is 6.08 Å². The molecule has 2 rings (SSSR count). The van der Waals surface area contributed by atoms with Crippen LogP contribution in [0.4, 0.5) is 0 Å². The molecule has 1 fully saturated rings. The zero-order valence-electron chi connectivity index (χ0n) is 8.70. The van der Waals surface area contributed by atoms with Crippen LogP contribution >= 0.6 is 0 Å². The number of hydrogen-bond donors (Lipinski definition) is 1. The second-order valence-corrected chi connectivity index (χ2v) is 3.83. The third-order valence-corrected chi connectivity index (χ3v) is 2.62. The number of aryl methyl sites for hydroxylation is 1. The molecule has 0 amide bonds. The van der Waals surface area contributed by atoms with E-state index in [1.54, 1.807) is 4.80 Å². The zero-order chi connectivity index (χ0) is 9.97. The van der Waals surface area contributed by atoms with E-state index >= 15 is 0 Å². The quantitative estimate of drug-likeness (QED) is 0.716. The van der Waals surface area contributed by atoms with Crippen molar-refractivity contribution >= 4 is 6.08 Å². The van der Waals surface area contributed by atoms with Crippen molar-refractivity contribution in [1.29, 1.82) is 0 Å². The van der Waals surface area contributed by atoms with Crippen LogP contribution in [-0.2, 0) is 7.05 Å². The van der Waals surface area contributed by atoms with Crippen LogP contribution in [0.15, 0.2) is 11.8 Å². The van der Waals surface area contributed by atoms with Crippen molar-refractivity contribution in [2.24, 2.45) is 13.0 Å². The minimum Gasteiger partial charge on any atom is -0.316 e. The second kappa shape index (κ2) is 3.92. The number of aromatic nitrogens is 3. The van der Waals surface area contributed by atoms with Crippen molar-refractivity contribution in [2.75, 3.05) is 13.1 Å². The Morgan fingerprint density at radius 1 is 1.64 bits per heavy atom. The van der Waals surface area contributed by atoms with Crippen LogP contribution in [0.1, 0.15) is 19.0 Å². The van der Waals surface area contributed by atoms with Gasteiger partial charge in [0.25, 0.3) is 0 Å². The lowest BCUT2D eigenvalue weighted by Crippen LogP contribution is -2.29. The molecule has 4 heteroatoms. The molecule has 0 bridgehead atoms. The summed E-state index contributed by atoms with van der Waals surface area (Å²) in [5, 5.41) is 11.7. The summed E-state index contributed by atoms with van der Waals surface area (Å²) < 4.78 is 0. The van der Waals surface area contributed by atoms with E-state index in [0.717, 1.165) is 25.2 Å². The van der Waals surface area contributed by atoms with Gasteiger partial charge in [-0.25, -0.2) is 0 Å². The number of nitrogens with zero attached hydrogens (tertiary/aromatic N) is 3. The van der Waals surface area contributed by atoms with Crippen LogP contribution < -0.4 is 5.32 Å². The minimum absolute atomic E-state index is 0.616. The van der Waals surface area contributed by atoms with Crippen molar-refractivity contribution in [2.45, 2.75) is 13.3 Å². The molecule has 76 valence electrons. The van der Waals surface area contributed by atoms with Crippen molar-refractivity contribution in [3.05, 3.63) is 17.5 Å². The van der Waals surface area contributed by atoms with Gasteiger partial charge in [-0.05, 0) is 25.0 Å². The predicted octanol–water partition coefficient (Wildman–Crippen LogP) is 0.828. The smallest absolute Gasteiger partial charge is 0.105 e. The first-order chi connectivity index (χ1) is 6.75. The molecule has 1 aliphatic rings. The SMILES string of the molecule is CC1CNCC/C1=C\c1cnn(C)n1. The molecule has 1 aromatic heterocycles. The number of hydrogen-bond acceptors (Lipinski definition) is 3. The molecule has 0 aliphatic carbocycles. The Kier molecular flexibility index (Phi) is 2.63. The molecule has 2 heterocycles. The average molecular weight is 192 g/mol. The van der Waals surface area contributed by atoms with E-state index in [9.17, 15) is 0 Å². The van der Waals surface area contributed by atoms with E-state index in [2.05, 4.69) is 28.5 Å². The summed E-state index contributed by atoms with van der Waals surface area (Å²) in [5.74, 6) is 0.616. The lowest BCUT2D eigenvalue weighted by atomic mass is 9.94. The highest BCUT2D eigenvalue weighted by Crippen LogP contribution is 2.19. The van der Waals surface area contributed by atoms with Gasteiger partial charge < -0.3 is 5.32 Å². The van der Waals surface area contributed by atoms with E-state index in [-0.39, 0.29) is 0 Å². The van der Waals surface area contributed by atoms with Crippen molar-refractivity contribution < 1.29 is 0 Å². The molecule has 0 spiro atoms. The van der Waals surface area contributed by atoms with Gasteiger partial charge in [0.1, 0.15) is 5.69 Å². The summed E-state index contributed by atoms with van der Waals surface area (Å²) in [6.07, 6.45) is 5.10. The lowest BCUT2D eigenvalue weighted by Gasteiger charge is -2.22. The monoisotopic (exact) mass is 192 g/mol. The van der Waals surface area contributed by atoms with Gasteiger partial charge in [-0.3, -0.25) is 0 Å². The Labute approximate surface area is 84.0 Å². The Hall–Kier alpha value is -1.16. The van der Waals surface area contributed by atoms with Gasteiger partial charge in [0.15, 0.2) is 0 Å². The standard InChI is InChI=1S/C10H16N4/c1-8-6-11-4-3-9(8)5-10-7-12-14(2)13-10/h5,7-8,11H,3-4,6H2,1-2H3/b9-5+. The van der Waals surface area contributed by atoms with E-state index in [0.29, 0.717) is 5.92 Å². The maximum Gasteiger partial charge on any atom is 0.105 e. The minimum atomic E-state index is 0.616.